The van der Waals surface area contributed by atoms with Crippen molar-refractivity contribution in [3.63, 3.8) is 0 Å². The van der Waals surface area contributed by atoms with Crippen LogP contribution in [0.5, 0.6) is 0 Å². The van der Waals surface area contributed by atoms with Gasteiger partial charge < -0.3 is 15.2 Å². The van der Waals surface area contributed by atoms with Crippen LogP contribution in [0.1, 0.15) is 25.7 Å². The Morgan fingerprint density at radius 2 is 2.12 bits per heavy atom. The van der Waals surface area contributed by atoms with E-state index in [4.69, 9.17) is 15.2 Å². The Hall–Kier alpha value is -0.650. The molecule has 1 unspecified atom stereocenters. The third-order valence-electron chi connectivity index (χ3n) is 3.10. The molecule has 0 bridgehead atoms. The summed E-state index contributed by atoms with van der Waals surface area (Å²) in [5, 5.41) is 0. The summed E-state index contributed by atoms with van der Waals surface area (Å²) in [6.45, 7) is 1.69. The fourth-order valence-electron chi connectivity index (χ4n) is 2.20. The second-order valence-electron chi connectivity index (χ2n) is 4.22. The molecule has 1 amide bonds. The van der Waals surface area contributed by atoms with Crippen molar-refractivity contribution in [2.75, 3.05) is 27.3 Å². The molecule has 94 valence electrons. The van der Waals surface area contributed by atoms with Gasteiger partial charge in [-0.1, -0.05) is 6.42 Å². The molecule has 1 aliphatic rings. The number of methoxy groups -OCH3 is 2. The molecule has 0 aromatic heterocycles. The summed E-state index contributed by atoms with van der Waals surface area (Å²) in [5.74, 6) is -0.233. The highest BCUT2D eigenvalue weighted by atomic mass is 16.7. The van der Waals surface area contributed by atoms with Gasteiger partial charge in [-0.05, 0) is 19.4 Å². The van der Waals surface area contributed by atoms with Gasteiger partial charge in [0.15, 0.2) is 6.29 Å². The SMILES string of the molecule is COC(CN1CCCCC1CC(N)=O)OC. The van der Waals surface area contributed by atoms with Gasteiger partial charge in [-0.2, -0.15) is 0 Å². The van der Waals surface area contributed by atoms with E-state index in [2.05, 4.69) is 4.90 Å². The highest BCUT2D eigenvalue weighted by Crippen LogP contribution is 2.20. The van der Waals surface area contributed by atoms with Gasteiger partial charge in [0.05, 0.1) is 0 Å². The zero-order chi connectivity index (χ0) is 12.0. The smallest absolute Gasteiger partial charge is 0.218 e. The zero-order valence-electron chi connectivity index (χ0n) is 10.1. The summed E-state index contributed by atoms with van der Waals surface area (Å²) < 4.78 is 10.4. The van der Waals surface area contributed by atoms with Gasteiger partial charge in [0.1, 0.15) is 0 Å². The molecule has 16 heavy (non-hydrogen) atoms. The molecule has 0 aromatic rings. The number of rotatable bonds is 6. The standard InChI is InChI=1S/C11H22N2O3/c1-15-11(16-2)8-13-6-4-3-5-9(13)7-10(12)14/h9,11H,3-8H2,1-2H3,(H2,12,14). The van der Waals surface area contributed by atoms with E-state index in [9.17, 15) is 4.79 Å². The summed E-state index contributed by atoms with van der Waals surface area (Å²) in [6, 6.07) is 0.249. The number of nitrogens with two attached hydrogens (primary N) is 1. The number of amides is 1. The second kappa shape index (κ2) is 6.83. The Kier molecular flexibility index (Phi) is 5.73. The fraction of sp³-hybridized carbons (Fsp3) is 0.909. The van der Waals surface area contributed by atoms with Gasteiger partial charge in [0.2, 0.25) is 5.91 Å². The molecule has 0 spiro atoms. The van der Waals surface area contributed by atoms with E-state index in [1.165, 1.54) is 6.42 Å². The van der Waals surface area contributed by atoms with Crippen LogP contribution in [-0.4, -0.2) is 50.4 Å². The van der Waals surface area contributed by atoms with Gasteiger partial charge in [0, 0.05) is 33.2 Å². The van der Waals surface area contributed by atoms with Crippen LogP contribution in [0.2, 0.25) is 0 Å². The highest BCUT2D eigenvalue weighted by Gasteiger charge is 2.25. The van der Waals surface area contributed by atoms with Crippen molar-refractivity contribution in [2.45, 2.75) is 38.0 Å². The number of likely N-dealkylation sites (tertiary alicyclic amines) is 1. The Morgan fingerprint density at radius 3 is 2.69 bits per heavy atom. The molecule has 0 aromatic carbocycles. The van der Waals surface area contributed by atoms with Crippen molar-refractivity contribution in [2.24, 2.45) is 5.73 Å². The second-order valence-corrected chi connectivity index (χ2v) is 4.22. The topological polar surface area (TPSA) is 64.8 Å². The molecule has 5 nitrogen and oxygen atoms in total. The first-order chi connectivity index (χ1) is 7.67. The maximum absolute atomic E-state index is 11.0. The lowest BCUT2D eigenvalue weighted by Gasteiger charge is -2.36. The van der Waals surface area contributed by atoms with E-state index < -0.39 is 0 Å². The molecule has 1 saturated heterocycles. The number of nitrogens with zero attached hydrogens (tertiary/aromatic N) is 1. The average Bonchev–Trinajstić information content (AvgIpc) is 2.27. The highest BCUT2D eigenvalue weighted by molar-refractivity contribution is 5.74. The van der Waals surface area contributed by atoms with Crippen molar-refractivity contribution < 1.29 is 14.3 Å². The molecule has 1 fully saturated rings. The predicted octanol–water partition coefficient (Wildman–Crippen LogP) is 0.335. The summed E-state index contributed by atoms with van der Waals surface area (Å²) >= 11 is 0. The van der Waals surface area contributed by atoms with Crippen LogP contribution in [0.3, 0.4) is 0 Å². The van der Waals surface area contributed by atoms with Crippen LogP contribution < -0.4 is 5.73 Å². The fourth-order valence-corrected chi connectivity index (χ4v) is 2.20. The van der Waals surface area contributed by atoms with Gasteiger partial charge in [-0.25, -0.2) is 0 Å². The maximum Gasteiger partial charge on any atom is 0.218 e. The predicted molar refractivity (Wildman–Crippen MR) is 60.8 cm³/mol. The van der Waals surface area contributed by atoms with Crippen LogP contribution in [0.15, 0.2) is 0 Å². The van der Waals surface area contributed by atoms with Crippen LogP contribution in [0.4, 0.5) is 0 Å². The summed E-state index contributed by atoms with van der Waals surface area (Å²) in [5.41, 5.74) is 5.25. The Morgan fingerprint density at radius 1 is 1.44 bits per heavy atom. The Labute approximate surface area is 96.9 Å². The minimum absolute atomic E-state index is 0.228. The first-order valence-corrected chi connectivity index (χ1v) is 5.75. The molecule has 1 rings (SSSR count). The van der Waals surface area contributed by atoms with Crippen LogP contribution >= 0.6 is 0 Å². The lowest BCUT2D eigenvalue weighted by molar-refractivity contribution is -0.128. The van der Waals surface area contributed by atoms with E-state index in [0.717, 1.165) is 19.4 Å². The van der Waals surface area contributed by atoms with E-state index in [0.29, 0.717) is 13.0 Å². The summed E-state index contributed by atoms with van der Waals surface area (Å²) in [6.07, 6.45) is 3.56. The lowest BCUT2D eigenvalue weighted by atomic mass is 9.99. The summed E-state index contributed by atoms with van der Waals surface area (Å²) in [4.78, 5) is 13.2. The monoisotopic (exact) mass is 230 g/mol. The molecule has 1 aliphatic heterocycles. The largest absolute Gasteiger partial charge is 0.370 e. The molecular formula is C11H22N2O3. The number of primary amides is 1. The van der Waals surface area contributed by atoms with Gasteiger partial charge in [-0.15, -0.1) is 0 Å². The third kappa shape index (κ3) is 4.08. The van der Waals surface area contributed by atoms with Crippen LogP contribution in [0, 0.1) is 0 Å². The average molecular weight is 230 g/mol. The minimum atomic E-state index is -0.233. The first-order valence-electron chi connectivity index (χ1n) is 5.75. The quantitative estimate of drug-likeness (QED) is 0.668. The van der Waals surface area contributed by atoms with Crippen molar-refractivity contribution >= 4 is 5.91 Å². The number of carbonyl (C=O) groups is 1. The minimum Gasteiger partial charge on any atom is -0.370 e. The third-order valence-corrected chi connectivity index (χ3v) is 3.10. The van der Waals surface area contributed by atoms with Gasteiger partial charge in [-0.3, -0.25) is 9.69 Å². The van der Waals surface area contributed by atoms with E-state index in [-0.39, 0.29) is 18.2 Å². The maximum atomic E-state index is 11.0. The Balaban J connectivity index is 2.48. The van der Waals surface area contributed by atoms with Gasteiger partial charge in [0.25, 0.3) is 0 Å². The number of hydrogen-bond donors (Lipinski definition) is 1. The van der Waals surface area contributed by atoms with Crippen molar-refractivity contribution in [1.82, 2.24) is 4.90 Å². The van der Waals surface area contributed by atoms with Gasteiger partial charge >= 0.3 is 0 Å². The Bertz CT molecular complexity index is 219. The molecule has 5 heteroatoms. The molecule has 0 radical (unpaired) electrons. The molecule has 0 saturated carbocycles. The lowest BCUT2D eigenvalue weighted by Crippen LogP contribution is -2.46. The van der Waals surface area contributed by atoms with Crippen LogP contribution in [-0.2, 0) is 14.3 Å². The first kappa shape index (κ1) is 13.4. The molecular weight excluding hydrogens is 208 g/mol. The van der Waals surface area contributed by atoms with Crippen molar-refractivity contribution in [3.8, 4) is 0 Å². The number of carbonyl (C=O) groups excluding carboxylic acids is 1. The molecule has 2 N–H and O–H groups in total. The van der Waals surface area contributed by atoms with E-state index in [1.54, 1.807) is 14.2 Å². The normalized spacial score (nSPS) is 22.6. The zero-order valence-corrected chi connectivity index (χ0v) is 10.1. The number of ether oxygens (including phenoxy) is 2. The molecule has 1 atom stereocenters. The number of piperidine rings is 1. The molecule has 0 aliphatic carbocycles. The van der Waals surface area contributed by atoms with Crippen LogP contribution in [0.25, 0.3) is 0 Å². The van der Waals surface area contributed by atoms with Crippen molar-refractivity contribution in [3.05, 3.63) is 0 Å². The summed E-state index contributed by atoms with van der Waals surface area (Å²) in [7, 11) is 3.25. The number of hydrogen-bond acceptors (Lipinski definition) is 4. The van der Waals surface area contributed by atoms with E-state index in [1.807, 2.05) is 0 Å². The van der Waals surface area contributed by atoms with Crippen molar-refractivity contribution in [1.29, 1.82) is 0 Å². The van der Waals surface area contributed by atoms with E-state index >= 15 is 0 Å². The molecule has 1 heterocycles.